The summed E-state index contributed by atoms with van der Waals surface area (Å²) in [5.74, 6) is -0.116. The molecule has 0 spiro atoms. The van der Waals surface area contributed by atoms with Crippen LogP contribution in [0.5, 0.6) is 0 Å². The maximum absolute atomic E-state index is 12.2. The molecule has 188 valence electrons. The van der Waals surface area contributed by atoms with Gasteiger partial charge in [0, 0.05) is 41.9 Å². The third kappa shape index (κ3) is 10.2. The number of carbonyl (C=O) groups is 2. The summed E-state index contributed by atoms with van der Waals surface area (Å²) in [7, 11) is 0. The number of halogens is 3. The van der Waals surface area contributed by atoms with E-state index in [0.29, 0.717) is 16.6 Å². The fourth-order valence-corrected chi connectivity index (χ4v) is 4.45. The highest BCUT2D eigenvalue weighted by atomic mass is 79.9. The Hall–Kier alpha value is -2.06. The molecule has 0 saturated carbocycles. The molecule has 35 heavy (non-hydrogen) atoms. The normalized spacial score (nSPS) is 14.7. The number of hydrogen-bond donors (Lipinski definition) is 3. The first-order valence-corrected chi connectivity index (χ1v) is 13.4. The van der Waals surface area contributed by atoms with Gasteiger partial charge in [-0.2, -0.15) is 0 Å². The molecule has 6 nitrogen and oxygen atoms in total. The van der Waals surface area contributed by atoms with Gasteiger partial charge in [-0.25, -0.2) is 4.79 Å². The third-order valence-electron chi connectivity index (χ3n) is 5.85. The lowest BCUT2D eigenvalue weighted by Crippen LogP contribution is -2.46. The lowest BCUT2D eigenvalue weighted by Gasteiger charge is -2.32. The van der Waals surface area contributed by atoms with Crippen LogP contribution in [0.15, 0.2) is 53.0 Å². The predicted molar refractivity (Wildman–Crippen MR) is 148 cm³/mol. The largest absolute Gasteiger partial charge is 0.353 e. The molecule has 1 aliphatic rings. The van der Waals surface area contributed by atoms with E-state index in [1.54, 1.807) is 18.2 Å². The molecule has 0 bridgehead atoms. The van der Waals surface area contributed by atoms with Gasteiger partial charge in [0.05, 0.1) is 10.0 Å². The number of hydrogen-bond acceptors (Lipinski definition) is 3. The Bertz CT molecular complexity index is 1010. The standard InChI is InChI=1S/C26H31BrCl2N4O2/c27-20-6-8-21(9-7-20)31-26(35)32-22-12-16-33(17-13-22)15-3-1-2-14-30-25(34)11-5-19-4-10-23(28)24(29)18-19/h4-11,18,22H,1-3,12-17H2,(H,30,34)(H2,31,32,35)/b11-5+. The maximum atomic E-state index is 12.2. The summed E-state index contributed by atoms with van der Waals surface area (Å²) in [5.41, 5.74) is 1.61. The van der Waals surface area contributed by atoms with E-state index in [1.807, 2.05) is 30.3 Å². The molecule has 0 aromatic heterocycles. The molecule has 0 radical (unpaired) electrons. The van der Waals surface area contributed by atoms with Crippen molar-refractivity contribution in [3.8, 4) is 0 Å². The average Bonchev–Trinajstić information content (AvgIpc) is 2.84. The van der Waals surface area contributed by atoms with Crippen molar-refractivity contribution in [1.82, 2.24) is 15.5 Å². The Morgan fingerprint density at radius 1 is 1.00 bits per heavy atom. The van der Waals surface area contributed by atoms with Gasteiger partial charge in [0.1, 0.15) is 0 Å². The fourth-order valence-electron chi connectivity index (χ4n) is 3.88. The third-order valence-corrected chi connectivity index (χ3v) is 7.11. The number of rotatable bonds is 10. The van der Waals surface area contributed by atoms with Crippen molar-refractivity contribution in [3.63, 3.8) is 0 Å². The number of nitrogens with zero attached hydrogens (tertiary/aromatic N) is 1. The quantitative estimate of drug-likeness (QED) is 0.226. The zero-order valence-electron chi connectivity index (χ0n) is 19.5. The van der Waals surface area contributed by atoms with Crippen LogP contribution in [-0.2, 0) is 4.79 Å². The maximum Gasteiger partial charge on any atom is 0.319 e. The first-order valence-electron chi connectivity index (χ1n) is 11.9. The number of benzene rings is 2. The summed E-state index contributed by atoms with van der Waals surface area (Å²) in [6.45, 7) is 3.67. The van der Waals surface area contributed by atoms with Gasteiger partial charge in [0.2, 0.25) is 5.91 Å². The van der Waals surface area contributed by atoms with Crippen LogP contribution in [0.1, 0.15) is 37.7 Å². The number of amides is 3. The van der Waals surface area contributed by atoms with Gasteiger partial charge in [-0.3, -0.25) is 4.79 Å². The molecule has 0 aliphatic carbocycles. The number of nitrogens with one attached hydrogen (secondary N) is 3. The Morgan fingerprint density at radius 3 is 2.46 bits per heavy atom. The van der Waals surface area contributed by atoms with Crippen molar-refractivity contribution in [1.29, 1.82) is 0 Å². The average molecular weight is 582 g/mol. The van der Waals surface area contributed by atoms with E-state index in [9.17, 15) is 9.59 Å². The zero-order chi connectivity index (χ0) is 25.0. The highest BCUT2D eigenvalue weighted by Gasteiger charge is 2.20. The van der Waals surface area contributed by atoms with Crippen LogP contribution in [-0.4, -0.2) is 49.1 Å². The zero-order valence-corrected chi connectivity index (χ0v) is 22.6. The summed E-state index contributed by atoms with van der Waals surface area (Å²) >= 11 is 15.3. The van der Waals surface area contributed by atoms with Gasteiger partial charge in [-0.1, -0.05) is 51.6 Å². The van der Waals surface area contributed by atoms with Crippen molar-refractivity contribution >= 4 is 62.8 Å². The molecular formula is C26H31BrCl2N4O2. The lowest BCUT2D eigenvalue weighted by atomic mass is 10.0. The van der Waals surface area contributed by atoms with Gasteiger partial charge in [0.25, 0.3) is 0 Å². The molecule has 0 unspecified atom stereocenters. The second-order valence-corrected chi connectivity index (χ2v) is 10.3. The SMILES string of the molecule is O=C(/C=C/c1ccc(Cl)c(Cl)c1)NCCCCCN1CCC(NC(=O)Nc2ccc(Br)cc2)CC1. The highest BCUT2D eigenvalue weighted by molar-refractivity contribution is 9.10. The molecule has 3 rings (SSSR count). The van der Waals surface area contributed by atoms with Crippen LogP contribution in [0.25, 0.3) is 6.08 Å². The predicted octanol–water partition coefficient (Wildman–Crippen LogP) is 6.34. The van der Waals surface area contributed by atoms with Gasteiger partial charge >= 0.3 is 6.03 Å². The monoisotopic (exact) mass is 580 g/mol. The number of urea groups is 1. The summed E-state index contributed by atoms with van der Waals surface area (Å²) in [4.78, 5) is 26.6. The van der Waals surface area contributed by atoms with E-state index >= 15 is 0 Å². The van der Waals surface area contributed by atoms with Gasteiger partial charge in [-0.15, -0.1) is 0 Å². The van der Waals surface area contributed by atoms with E-state index in [0.717, 1.165) is 67.5 Å². The van der Waals surface area contributed by atoms with Gasteiger partial charge in [-0.05, 0) is 80.3 Å². The van der Waals surface area contributed by atoms with Crippen molar-refractivity contribution in [2.24, 2.45) is 0 Å². The van der Waals surface area contributed by atoms with E-state index < -0.39 is 0 Å². The second kappa shape index (κ2) is 14.5. The summed E-state index contributed by atoms with van der Waals surface area (Å²) in [6, 6.07) is 12.8. The van der Waals surface area contributed by atoms with Crippen LogP contribution in [0.3, 0.4) is 0 Å². The number of piperidine rings is 1. The molecule has 2 aromatic rings. The molecule has 1 fully saturated rings. The molecule has 2 aromatic carbocycles. The Balaban J connectivity index is 1.21. The summed E-state index contributed by atoms with van der Waals surface area (Å²) in [5, 5.41) is 9.84. The molecule has 1 saturated heterocycles. The number of carbonyl (C=O) groups excluding carboxylic acids is 2. The van der Waals surface area contributed by atoms with Crippen LogP contribution in [0.4, 0.5) is 10.5 Å². The number of likely N-dealkylation sites (tertiary alicyclic amines) is 1. The van der Waals surface area contributed by atoms with E-state index in [1.165, 1.54) is 6.08 Å². The second-order valence-electron chi connectivity index (χ2n) is 8.58. The lowest BCUT2D eigenvalue weighted by molar-refractivity contribution is -0.116. The first kappa shape index (κ1) is 27.5. The molecule has 3 amide bonds. The highest BCUT2D eigenvalue weighted by Crippen LogP contribution is 2.23. The Kier molecular flexibility index (Phi) is 11.4. The van der Waals surface area contributed by atoms with Crippen LogP contribution >= 0.6 is 39.1 Å². The minimum Gasteiger partial charge on any atom is -0.353 e. The Morgan fingerprint density at radius 2 is 1.74 bits per heavy atom. The smallest absolute Gasteiger partial charge is 0.319 e. The molecule has 0 atom stereocenters. The van der Waals surface area contributed by atoms with Crippen LogP contribution in [0, 0.1) is 0 Å². The Labute approximate surface area is 225 Å². The van der Waals surface area contributed by atoms with Crippen molar-refractivity contribution < 1.29 is 9.59 Å². The minimum atomic E-state index is -0.153. The van der Waals surface area contributed by atoms with E-state index in [-0.39, 0.29) is 18.0 Å². The minimum absolute atomic E-state index is 0.116. The molecule has 1 aliphatic heterocycles. The number of anilines is 1. The van der Waals surface area contributed by atoms with Crippen molar-refractivity contribution in [2.75, 3.05) is 31.5 Å². The fraction of sp³-hybridized carbons (Fsp3) is 0.385. The summed E-state index contributed by atoms with van der Waals surface area (Å²) in [6.07, 6.45) is 8.24. The molecule has 1 heterocycles. The van der Waals surface area contributed by atoms with E-state index in [4.69, 9.17) is 23.2 Å². The van der Waals surface area contributed by atoms with Gasteiger partial charge < -0.3 is 20.9 Å². The number of unbranched alkanes of at least 4 members (excludes halogenated alkanes) is 2. The van der Waals surface area contributed by atoms with Crippen molar-refractivity contribution in [2.45, 2.75) is 38.1 Å². The van der Waals surface area contributed by atoms with Crippen LogP contribution < -0.4 is 16.0 Å². The van der Waals surface area contributed by atoms with Crippen LogP contribution in [0.2, 0.25) is 10.0 Å². The topological polar surface area (TPSA) is 73.5 Å². The molecule has 3 N–H and O–H groups in total. The van der Waals surface area contributed by atoms with Gasteiger partial charge in [0.15, 0.2) is 0 Å². The van der Waals surface area contributed by atoms with E-state index in [2.05, 4.69) is 36.8 Å². The first-order chi connectivity index (χ1) is 16.9. The molecular weight excluding hydrogens is 551 g/mol. The molecule has 9 heteroatoms. The summed E-state index contributed by atoms with van der Waals surface area (Å²) < 4.78 is 0.981. The van der Waals surface area contributed by atoms with Crippen molar-refractivity contribution in [3.05, 3.63) is 68.6 Å².